The summed E-state index contributed by atoms with van der Waals surface area (Å²) in [6.45, 7) is 2.52. The first-order chi connectivity index (χ1) is 11.2. The zero-order valence-electron chi connectivity index (χ0n) is 13.2. The molecule has 3 rings (SSSR count). The zero-order valence-corrected chi connectivity index (χ0v) is 13.2. The lowest BCUT2D eigenvalue weighted by Crippen LogP contribution is -2.07. The number of para-hydroxylation sites is 1. The maximum atomic E-state index is 12.4. The van der Waals surface area contributed by atoms with Crippen LogP contribution in [0.1, 0.15) is 27.2 Å². The number of carbonyl (C=O) groups is 1. The first-order valence-electron chi connectivity index (χ1n) is 7.41. The second-order valence-electron chi connectivity index (χ2n) is 5.40. The van der Waals surface area contributed by atoms with Crippen LogP contribution < -0.4 is 0 Å². The fourth-order valence-electron chi connectivity index (χ4n) is 2.45. The highest BCUT2D eigenvalue weighted by molar-refractivity contribution is 5.96. The number of aryl methyl sites for hydroxylation is 1. The fourth-order valence-corrected chi connectivity index (χ4v) is 2.45. The van der Waals surface area contributed by atoms with Gasteiger partial charge in [0.15, 0.2) is 0 Å². The summed E-state index contributed by atoms with van der Waals surface area (Å²) in [6, 6.07) is 15.4. The van der Waals surface area contributed by atoms with Crippen LogP contribution in [0, 0.1) is 6.92 Å². The Labute approximate surface area is 134 Å². The molecule has 23 heavy (non-hydrogen) atoms. The van der Waals surface area contributed by atoms with Gasteiger partial charge in [-0.1, -0.05) is 48.0 Å². The van der Waals surface area contributed by atoms with Gasteiger partial charge in [0, 0.05) is 18.1 Å². The molecule has 0 unspecified atom stereocenters. The van der Waals surface area contributed by atoms with Crippen molar-refractivity contribution in [1.29, 1.82) is 0 Å². The van der Waals surface area contributed by atoms with E-state index >= 15 is 0 Å². The Balaban J connectivity index is 1.82. The van der Waals surface area contributed by atoms with Gasteiger partial charge in [-0.3, -0.25) is 0 Å². The van der Waals surface area contributed by atoms with Crippen molar-refractivity contribution in [3.63, 3.8) is 0 Å². The van der Waals surface area contributed by atoms with Crippen molar-refractivity contribution in [1.82, 2.24) is 0 Å². The van der Waals surface area contributed by atoms with Crippen LogP contribution in [0.5, 0.6) is 0 Å². The summed E-state index contributed by atoms with van der Waals surface area (Å²) in [5, 5.41) is 0.872. The number of furan rings is 1. The van der Waals surface area contributed by atoms with E-state index < -0.39 is 5.97 Å². The molecule has 0 aliphatic heterocycles. The van der Waals surface area contributed by atoms with Crippen LogP contribution in [0.25, 0.3) is 11.0 Å². The Kier molecular flexibility index (Phi) is 4.44. The molecule has 1 aromatic heterocycles. The number of ether oxygens (including phenoxy) is 2. The highest BCUT2D eigenvalue weighted by atomic mass is 16.5. The topological polar surface area (TPSA) is 48.7 Å². The third kappa shape index (κ3) is 3.27. The quantitative estimate of drug-likeness (QED) is 0.661. The van der Waals surface area contributed by atoms with Crippen molar-refractivity contribution < 1.29 is 18.7 Å². The summed E-state index contributed by atoms with van der Waals surface area (Å²) in [4.78, 5) is 12.4. The standard InChI is InChI=1S/C19H18O4/c1-13-7-9-14(10-8-13)11-22-19(20)18-16(12-21-2)15-5-3-4-6-17(15)23-18/h3-10H,11-12H2,1-2H3. The smallest absolute Gasteiger partial charge is 0.374 e. The molecule has 3 aromatic rings. The number of hydrogen-bond donors (Lipinski definition) is 0. The molecular weight excluding hydrogens is 292 g/mol. The third-order valence-corrected chi connectivity index (χ3v) is 3.66. The summed E-state index contributed by atoms with van der Waals surface area (Å²) in [6.07, 6.45) is 0. The number of esters is 1. The molecule has 4 heteroatoms. The van der Waals surface area contributed by atoms with Gasteiger partial charge in [-0.2, -0.15) is 0 Å². The van der Waals surface area contributed by atoms with Crippen molar-refractivity contribution in [2.45, 2.75) is 20.1 Å². The third-order valence-electron chi connectivity index (χ3n) is 3.66. The van der Waals surface area contributed by atoms with E-state index in [0.29, 0.717) is 12.2 Å². The molecule has 4 nitrogen and oxygen atoms in total. The van der Waals surface area contributed by atoms with E-state index in [9.17, 15) is 4.79 Å². The number of benzene rings is 2. The Morgan fingerprint density at radius 2 is 1.78 bits per heavy atom. The van der Waals surface area contributed by atoms with E-state index in [-0.39, 0.29) is 12.4 Å². The second kappa shape index (κ2) is 6.67. The van der Waals surface area contributed by atoms with E-state index in [2.05, 4.69) is 0 Å². The predicted molar refractivity (Wildman–Crippen MR) is 87.2 cm³/mol. The monoisotopic (exact) mass is 310 g/mol. The molecule has 0 aliphatic carbocycles. The number of rotatable bonds is 5. The summed E-state index contributed by atoms with van der Waals surface area (Å²) in [5.41, 5.74) is 3.48. The van der Waals surface area contributed by atoms with Gasteiger partial charge in [0.05, 0.1) is 6.61 Å². The van der Waals surface area contributed by atoms with Crippen molar-refractivity contribution in [3.05, 3.63) is 71.0 Å². The molecule has 0 N–H and O–H groups in total. The minimum atomic E-state index is -0.478. The van der Waals surface area contributed by atoms with Crippen LogP contribution in [-0.2, 0) is 22.7 Å². The van der Waals surface area contributed by atoms with Gasteiger partial charge < -0.3 is 13.9 Å². The van der Waals surface area contributed by atoms with Crippen LogP contribution in [0.2, 0.25) is 0 Å². The van der Waals surface area contributed by atoms with Gasteiger partial charge in [0.25, 0.3) is 0 Å². The highest BCUT2D eigenvalue weighted by Gasteiger charge is 2.21. The summed E-state index contributed by atoms with van der Waals surface area (Å²) in [7, 11) is 1.59. The van der Waals surface area contributed by atoms with Crippen molar-refractivity contribution in [2.75, 3.05) is 7.11 Å². The number of fused-ring (bicyclic) bond motifs is 1. The number of carbonyl (C=O) groups excluding carboxylic acids is 1. The van der Waals surface area contributed by atoms with E-state index in [1.807, 2.05) is 55.5 Å². The van der Waals surface area contributed by atoms with Crippen LogP contribution >= 0.6 is 0 Å². The SMILES string of the molecule is COCc1c(C(=O)OCc2ccc(C)cc2)oc2ccccc12. The molecule has 0 saturated carbocycles. The summed E-state index contributed by atoms with van der Waals surface area (Å²) < 4.78 is 16.2. The van der Waals surface area contributed by atoms with Crippen LogP contribution in [0.4, 0.5) is 0 Å². The largest absolute Gasteiger partial charge is 0.455 e. The Hall–Kier alpha value is -2.59. The first-order valence-corrected chi connectivity index (χ1v) is 7.41. The average Bonchev–Trinajstić information content (AvgIpc) is 2.93. The second-order valence-corrected chi connectivity index (χ2v) is 5.40. The highest BCUT2D eigenvalue weighted by Crippen LogP contribution is 2.27. The van der Waals surface area contributed by atoms with E-state index in [1.165, 1.54) is 5.56 Å². The molecule has 0 saturated heterocycles. The van der Waals surface area contributed by atoms with E-state index in [1.54, 1.807) is 7.11 Å². The van der Waals surface area contributed by atoms with Crippen molar-refractivity contribution in [3.8, 4) is 0 Å². The van der Waals surface area contributed by atoms with Gasteiger partial charge >= 0.3 is 5.97 Å². The molecule has 1 heterocycles. The number of methoxy groups -OCH3 is 1. The molecular formula is C19H18O4. The molecule has 0 bridgehead atoms. The predicted octanol–water partition coefficient (Wildman–Crippen LogP) is 4.24. The zero-order chi connectivity index (χ0) is 16.2. The van der Waals surface area contributed by atoms with Crippen LogP contribution in [-0.4, -0.2) is 13.1 Å². The molecule has 0 amide bonds. The lowest BCUT2D eigenvalue weighted by Gasteiger charge is -2.05. The van der Waals surface area contributed by atoms with Crippen LogP contribution in [0.15, 0.2) is 52.9 Å². The van der Waals surface area contributed by atoms with Gasteiger partial charge in [-0.25, -0.2) is 4.79 Å². The lowest BCUT2D eigenvalue weighted by atomic mass is 10.1. The normalized spacial score (nSPS) is 10.9. The van der Waals surface area contributed by atoms with Crippen LogP contribution in [0.3, 0.4) is 0 Å². The van der Waals surface area contributed by atoms with E-state index in [0.717, 1.165) is 16.5 Å². The van der Waals surface area contributed by atoms with Gasteiger partial charge in [0.1, 0.15) is 12.2 Å². The lowest BCUT2D eigenvalue weighted by molar-refractivity contribution is 0.0432. The Morgan fingerprint density at radius 1 is 1.04 bits per heavy atom. The molecule has 0 atom stereocenters. The molecule has 0 fully saturated rings. The van der Waals surface area contributed by atoms with Crippen molar-refractivity contribution in [2.24, 2.45) is 0 Å². The maximum Gasteiger partial charge on any atom is 0.374 e. The molecule has 118 valence electrons. The average molecular weight is 310 g/mol. The summed E-state index contributed by atoms with van der Waals surface area (Å²) >= 11 is 0. The molecule has 0 aliphatic rings. The molecule has 0 radical (unpaired) electrons. The van der Waals surface area contributed by atoms with E-state index in [4.69, 9.17) is 13.9 Å². The van der Waals surface area contributed by atoms with Gasteiger partial charge in [-0.05, 0) is 18.6 Å². The fraction of sp³-hybridized carbons (Fsp3) is 0.211. The Morgan fingerprint density at radius 3 is 2.52 bits per heavy atom. The van der Waals surface area contributed by atoms with Crippen molar-refractivity contribution >= 4 is 16.9 Å². The minimum absolute atomic E-state index is 0.208. The maximum absolute atomic E-state index is 12.4. The molecule has 2 aromatic carbocycles. The summed E-state index contributed by atoms with van der Waals surface area (Å²) in [5.74, 6) is -0.269. The van der Waals surface area contributed by atoms with Gasteiger partial charge in [0.2, 0.25) is 5.76 Å². The minimum Gasteiger partial charge on any atom is -0.455 e. The Bertz CT molecular complexity index is 815. The molecule has 0 spiro atoms. The first kappa shape index (κ1) is 15.3. The number of hydrogen-bond acceptors (Lipinski definition) is 4. The van der Waals surface area contributed by atoms with Gasteiger partial charge in [-0.15, -0.1) is 0 Å².